The second kappa shape index (κ2) is 9.37. The number of anilines is 1. The van der Waals surface area contributed by atoms with Crippen molar-refractivity contribution in [3.8, 4) is 0 Å². The zero-order chi connectivity index (χ0) is 22.9. The lowest BCUT2D eigenvalue weighted by Gasteiger charge is -2.32. The van der Waals surface area contributed by atoms with Crippen LogP contribution in [0.15, 0.2) is 52.2 Å². The Hall–Kier alpha value is -2.16. The number of aromatic nitrogens is 1. The number of piperidine rings is 1. The number of rotatable bonds is 7. The van der Waals surface area contributed by atoms with E-state index in [2.05, 4.69) is 28.7 Å². The predicted octanol–water partition coefficient (Wildman–Crippen LogP) is 4.75. The number of aryl methyl sites for hydroxylation is 1. The van der Waals surface area contributed by atoms with Crippen LogP contribution >= 0.6 is 11.3 Å². The molecule has 2 aromatic carbocycles. The van der Waals surface area contributed by atoms with Crippen LogP contribution in [0.5, 0.6) is 0 Å². The molecule has 0 spiro atoms. The van der Waals surface area contributed by atoms with Crippen LogP contribution in [-0.2, 0) is 16.6 Å². The van der Waals surface area contributed by atoms with E-state index >= 15 is 0 Å². The van der Waals surface area contributed by atoms with Gasteiger partial charge in [-0.2, -0.15) is 0 Å². The summed E-state index contributed by atoms with van der Waals surface area (Å²) in [6, 6.07) is 12.7. The molecular weight excluding hydrogens is 442 g/mol. The summed E-state index contributed by atoms with van der Waals surface area (Å²) in [4.78, 5) is 14.7. The Bertz CT molecular complexity index is 1240. The van der Waals surface area contributed by atoms with Gasteiger partial charge in [0.05, 0.1) is 15.1 Å². The lowest BCUT2D eigenvalue weighted by molar-refractivity contribution is 0.438. The minimum Gasteiger partial charge on any atom is -0.372 e. The molecule has 0 aliphatic carbocycles. The fraction of sp³-hybridized carbons (Fsp3) is 0.458. The van der Waals surface area contributed by atoms with Gasteiger partial charge in [-0.05, 0) is 68.0 Å². The van der Waals surface area contributed by atoms with Gasteiger partial charge in [0, 0.05) is 31.4 Å². The molecule has 1 aliphatic rings. The molecule has 1 N–H and O–H groups in total. The smallest absolute Gasteiger partial charge is 0.308 e. The van der Waals surface area contributed by atoms with Crippen LogP contribution in [0.2, 0.25) is 0 Å². The lowest BCUT2D eigenvalue weighted by atomic mass is 9.98. The molecule has 1 aliphatic heterocycles. The van der Waals surface area contributed by atoms with Gasteiger partial charge < -0.3 is 4.90 Å². The normalized spacial score (nSPS) is 16.5. The first-order chi connectivity index (χ1) is 15.3. The number of nitrogens with zero attached hydrogens (tertiary/aromatic N) is 2. The van der Waals surface area contributed by atoms with Crippen molar-refractivity contribution in [2.75, 3.05) is 18.0 Å². The minimum atomic E-state index is -3.72. The van der Waals surface area contributed by atoms with Crippen molar-refractivity contribution in [2.45, 2.75) is 57.5 Å². The summed E-state index contributed by atoms with van der Waals surface area (Å²) in [6.07, 6.45) is 3.26. The fourth-order valence-electron chi connectivity index (χ4n) is 4.26. The molecule has 1 saturated heterocycles. The molecule has 1 aromatic heterocycles. The van der Waals surface area contributed by atoms with E-state index in [9.17, 15) is 13.2 Å². The lowest BCUT2D eigenvalue weighted by Crippen LogP contribution is -2.32. The molecule has 0 radical (unpaired) electrons. The zero-order valence-corrected chi connectivity index (χ0v) is 20.5. The number of hydrogen-bond acceptors (Lipinski definition) is 5. The first-order valence-corrected chi connectivity index (χ1v) is 13.6. The molecule has 2 heterocycles. The van der Waals surface area contributed by atoms with E-state index in [4.69, 9.17) is 0 Å². The molecule has 0 saturated carbocycles. The molecule has 6 nitrogen and oxygen atoms in total. The number of thiazole rings is 1. The van der Waals surface area contributed by atoms with Crippen molar-refractivity contribution in [3.63, 3.8) is 0 Å². The van der Waals surface area contributed by atoms with Crippen molar-refractivity contribution in [2.24, 2.45) is 5.92 Å². The Morgan fingerprint density at radius 1 is 1.12 bits per heavy atom. The van der Waals surface area contributed by atoms with E-state index in [-0.39, 0.29) is 15.8 Å². The van der Waals surface area contributed by atoms with Gasteiger partial charge >= 0.3 is 4.87 Å². The third kappa shape index (κ3) is 4.77. The maximum Gasteiger partial charge on any atom is 0.308 e. The molecule has 0 amide bonds. The third-order valence-corrected chi connectivity index (χ3v) is 8.75. The van der Waals surface area contributed by atoms with Gasteiger partial charge in [-0.15, -0.1) is 0 Å². The van der Waals surface area contributed by atoms with Crippen molar-refractivity contribution in [1.29, 1.82) is 0 Å². The molecule has 0 bridgehead atoms. The highest BCUT2D eigenvalue weighted by molar-refractivity contribution is 7.89. The van der Waals surface area contributed by atoms with Gasteiger partial charge in [0.1, 0.15) is 0 Å². The van der Waals surface area contributed by atoms with Crippen LogP contribution in [0, 0.1) is 5.92 Å². The molecule has 1 unspecified atom stereocenters. The van der Waals surface area contributed by atoms with Crippen molar-refractivity contribution in [3.05, 3.63) is 57.7 Å². The van der Waals surface area contributed by atoms with Crippen molar-refractivity contribution in [1.82, 2.24) is 9.29 Å². The molecule has 1 atom stereocenters. The largest absolute Gasteiger partial charge is 0.372 e. The average Bonchev–Trinajstić information content (AvgIpc) is 3.09. The molecule has 8 heteroatoms. The van der Waals surface area contributed by atoms with Crippen molar-refractivity contribution < 1.29 is 8.42 Å². The Kier molecular flexibility index (Phi) is 6.74. The summed E-state index contributed by atoms with van der Waals surface area (Å²) >= 11 is 1.09. The Balaban J connectivity index is 1.49. The molecule has 172 valence electrons. The maximum absolute atomic E-state index is 13.0. The quantitative estimate of drug-likeness (QED) is 0.538. The summed E-state index contributed by atoms with van der Waals surface area (Å²) in [5.74, 6) is 0.783. The van der Waals surface area contributed by atoms with Crippen molar-refractivity contribution >= 4 is 37.3 Å². The van der Waals surface area contributed by atoms with Gasteiger partial charge in [-0.1, -0.05) is 37.3 Å². The number of sulfonamides is 1. The van der Waals surface area contributed by atoms with Gasteiger partial charge in [-0.25, -0.2) is 13.1 Å². The standard InChI is InChI=1S/C24H31N3O3S2/c1-4-13-27-22-10-9-21(16-23(22)31-24(27)28)32(29,30)25-18(3)19-5-7-20(8-6-19)26-14-11-17(2)12-15-26/h5-10,16-18,25H,4,11-15H2,1-3H3. The van der Waals surface area contributed by atoms with E-state index in [1.54, 1.807) is 22.8 Å². The van der Waals surface area contributed by atoms with Crippen LogP contribution < -0.4 is 14.5 Å². The van der Waals surface area contributed by atoms with E-state index in [1.807, 2.05) is 26.0 Å². The molecule has 4 rings (SSSR count). The summed E-state index contributed by atoms with van der Waals surface area (Å²) in [5.41, 5.74) is 2.90. The highest BCUT2D eigenvalue weighted by atomic mass is 32.2. The first-order valence-electron chi connectivity index (χ1n) is 11.3. The van der Waals surface area contributed by atoms with Crippen LogP contribution in [0.4, 0.5) is 5.69 Å². The van der Waals surface area contributed by atoms with Crippen LogP contribution in [0.25, 0.3) is 10.2 Å². The molecular formula is C24H31N3O3S2. The van der Waals surface area contributed by atoms with E-state index in [0.717, 1.165) is 47.8 Å². The Morgan fingerprint density at radius 2 is 1.81 bits per heavy atom. The summed E-state index contributed by atoms with van der Waals surface area (Å²) < 4.78 is 31.2. The van der Waals surface area contributed by atoms with Gasteiger partial charge in [0.25, 0.3) is 0 Å². The number of benzene rings is 2. The van der Waals surface area contributed by atoms with Gasteiger partial charge in [0.2, 0.25) is 10.0 Å². The summed E-state index contributed by atoms with van der Waals surface area (Å²) in [6.45, 7) is 8.93. The minimum absolute atomic E-state index is 0.0547. The first kappa shape index (κ1) is 23.0. The Morgan fingerprint density at radius 3 is 2.47 bits per heavy atom. The SMILES string of the molecule is CCCn1c(=O)sc2cc(S(=O)(=O)NC(C)c3ccc(N4CCC(C)CC4)cc3)ccc21. The van der Waals surface area contributed by atoms with Gasteiger partial charge in [0.15, 0.2) is 0 Å². The van der Waals surface area contributed by atoms with E-state index in [1.165, 1.54) is 18.5 Å². The van der Waals surface area contributed by atoms with Crippen LogP contribution in [0.1, 0.15) is 51.6 Å². The highest BCUT2D eigenvalue weighted by Gasteiger charge is 2.21. The van der Waals surface area contributed by atoms with Gasteiger partial charge in [-0.3, -0.25) is 9.36 Å². The molecule has 1 fully saturated rings. The Labute approximate surface area is 193 Å². The average molecular weight is 474 g/mol. The van der Waals surface area contributed by atoms with Crippen LogP contribution in [-0.4, -0.2) is 26.1 Å². The number of hydrogen-bond donors (Lipinski definition) is 1. The second-order valence-corrected chi connectivity index (χ2v) is 11.5. The zero-order valence-electron chi connectivity index (χ0n) is 18.9. The monoisotopic (exact) mass is 473 g/mol. The fourth-order valence-corrected chi connectivity index (χ4v) is 6.55. The predicted molar refractivity (Wildman–Crippen MR) is 132 cm³/mol. The molecule has 3 aromatic rings. The van der Waals surface area contributed by atoms with Crippen LogP contribution in [0.3, 0.4) is 0 Å². The summed E-state index contributed by atoms with van der Waals surface area (Å²) in [7, 11) is -3.72. The summed E-state index contributed by atoms with van der Waals surface area (Å²) in [5, 5.41) is 0. The number of fused-ring (bicyclic) bond motifs is 1. The topological polar surface area (TPSA) is 71.4 Å². The van der Waals surface area contributed by atoms with E-state index < -0.39 is 10.0 Å². The maximum atomic E-state index is 13.0. The number of nitrogens with one attached hydrogen (secondary N) is 1. The highest BCUT2D eigenvalue weighted by Crippen LogP contribution is 2.26. The second-order valence-electron chi connectivity index (χ2n) is 8.75. The van der Waals surface area contributed by atoms with E-state index in [0.29, 0.717) is 11.2 Å². The molecule has 32 heavy (non-hydrogen) atoms. The third-order valence-electron chi connectivity index (χ3n) is 6.27.